The first kappa shape index (κ1) is 15.4. The molecule has 0 bridgehead atoms. The Labute approximate surface area is 123 Å². The van der Waals surface area contributed by atoms with Gasteiger partial charge in [-0.25, -0.2) is 0 Å². The number of alkyl halides is 2. The largest absolute Gasteiger partial charge is 0.126 e. The molecule has 0 radical (unpaired) electrons. The predicted octanol–water partition coefficient (Wildman–Crippen LogP) is 5.80. The fourth-order valence-electron chi connectivity index (χ4n) is 1.97. The van der Waals surface area contributed by atoms with Gasteiger partial charge in [0.1, 0.15) is 0 Å². The molecular weight excluding hydrogens is 298 g/mol. The molecule has 0 N–H and O–H groups in total. The highest BCUT2D eigenvalue weighted by Gasteiger charge is 2.28. The van der Waals surface area contributed by atoms with Crippen molar-refractivity contribution in [3.05, 3.63) is 33.8 Å². The number of hydrogen-bond acceptors (Lipinski definition) is 0. The Morgan fingerprint density at radius 2 is 1.76 bits per heavy atom. The molecule has 0 saturated carbocycles. The van der Waals surface area contributed by atoms with Crippen molar-refractivity contribution >= 4 is 46.4 Å². The van der Waals surface area contributed by atoms with Gasteiger partial charge in [-0.05, 0) is 36.6 Å². The topological polar surface area (TPSA) is 0 Å². The highest BCUT2D eigenvalue weighted by Crippen LogP contribution is 2.34. The van der Waals surface area contributed by atoms with Crippen molar-refractivity contribution in [1.82, 2.24) is 0 Å². The first-order chi connectivity index (χ1) is 8.06. The summed E-state index contributed by atoms with van der Waals surface area (Å²) in [4.78, 5) is 0. The van der Waals surface area contributed by atoms with Crippen molar-refractivity contribution < 1.29 is 0 Å². The third-order valence-electron chi connectivity index (χ3n) is 2.92. The molecular formula is C13H16Cl4. The van der Waals surface area contributed by atoms with Gasteiger partial charge < -0.3 is 0 Å². The van der Waals surface area contributed by atoms with Crippen molar-refractivity contribution in [3.63, 3.8) is 0 Å². The molecule has 0 heterocycles. The Morgan fingerprint density at radius 3 is 2.29 bits per heavy atom. The zero-order chi connectivity index (χ0) is 12.9. The zero-order valence-corrected chi connectivity index (χ0v) is 12.8. The maximum atomic E-state index is 6.17. The molecule has 17 heavy (non-hydrogen) atoms. The Kier molecular flexibility index (Phi) is 6.44. The highest BCUT2D eigenvalue weighted by atomic mass is 35.5. The van der Waals surface area contributed by atoms with Crippen molar-refractivity contribution in [2.75, 3.05) is 11.8 Å². The highest BCUT2D eigenvalue weighted by molar-refractivity contribution is 6.33. The van der Waals surface area contributed by atoms with E-state index in [9.17, 15) is 0 Å². The van der Waals surface area contributed by atoms with Crippen molar-refractivity contribution in [2.45, 2.75) is 26.2 Å². The number of halogens is 4. The summed E-state index contributed by atoms with van der Waals surface area (Å²) in [5.41, 5.74) is 0.931. The molecule has 0 aliphatic rings. The SMILES string of the molecule is CCCC(CCl)(CCl)Cc1cc(Cl)ccc1Cl. The van der Waals surface area contributed by atoms with Crippen LogP contribution in [-0.4, -0.2) is 11.8 Å². The van der Waals surface area contributed by atoms with E-state index in [4.69, 9.17) is 46.4 Å². The van der Waals surface area contributed by atoms with Crippen LogP contribution in [0.5, 0.6) is 0 Å². The van der Waals surface area contributed by atoms with E-state index in [1.807, 2.05) is 12.1 Å². The van der Waals surface area contributed by atoms with Gasteiger partial charge in [-0.3, -0.25) is 0 Å². The molecule has 0 amide bonds. The minimum absolute atomic E-state index is 0.0911. The molecule has 0 fully saturated rings. The molecule has 0 aliphatic heterocycles. The van der Waals surface area contributed by atoms with Crippen LogP contribution in [0, 0.1) is 5.41 Å². The second kappa shape index (κ2) is 7.09. The molecule has 1 aromatic carbocycles. The molecule has 0 aliphatic carbocycles. The standard InChI is InChI=1S/C13H16Cl4/c1-2-5-13(8-14,9-15)7-10-6-11(16)3-4-12(10)17/h3-4,6H,2,5,7-9H2,1H3. The van der Waals surface area contributed by atoms with Gasteiger partial charge in [-0.2, -0.15) is 0 Å². The van der Waals surface area contributed by atoms with E-state index in [0.29, 0.717) is 16.8 Å². The molecule has 1 rings (SSSR count). The summed E-state index contributed by atoms with van der Waals surface area (Å²) in [5.74, 6) is 1.07. The van der Waals surface area contributed by atoms with Gasteiger partial charge in [-0.1, -0.05) is 36.5 Å². The van der Waals surface area contributed by atoms with Gasteiger partial charge in [0.2, 0.25) is 0 Å². The minimum Gasteiger partial charge on any atom is -0.126 e. The predicted molar refractivity (Wildman–Crippen MR) is 78.9 cm³/mol. The lowest BCUT2D eigenvalue weighted by Gasteiger charge is -2.29. The molecule has 0 aromatic heterocycles. The van der Waals surface area contributed by atoms with Crippen LogP contribution in [0.1, 0.15) is 25.3 Å². The zero-order valence-electron chi connectivity index (χ0n) is 9.78. The van der Waals surface area contributed by atoms with Crippen LogP contribution >= 0.6 is 46.4 Å². The van der Waals surface area contributed by atoms with Crippen LogP contribution in [0.25, 0.3) is 0 Å². The van der Waals surface area contributed by atoms with Crippen LogP contribution in [0.2, 0.25) is 10.0 Å². The summed E-state index contributed by atoms with van der Waals surface area (Å²) in [5, 5.41) is 1.42. The Morgan fingerprint density at radius 1 is 1.12 bits per heavy atom. The van der Waals surface area contributed by atoms with Gasteiger partial charge in [0.15, 0.2) is 0 Å². The average Bonchev–Trinajstić information content (AvgIpc) is 2.33. The fraction of sp³-hybridized carbons (Fsp3) is 0.538. The lowest BCUT2D eigenvalue weighted by molar-refractivity contribution is 0.341. The van der Waals surface area contributed by atoms with E-state index in [0.717, 1.165) is 29.8 Å². The van der Waals surface area contributed by atoms with Gasteiger partial charge >= 0.3 is 0 Å². The third-order valence-corrected chi connectivity index (χ3v) is 4.66. The van der Waals surface area contributed by atoms with Crippen LogP contribution < -0.4 is 0 Å². The second-order valence-electron chi connectivity index (χ2n) is 4.43. The van der Waals surface area contributed by atoms with E-state index in [-0.39, 0.29) is 5.41 Å². The number of rotatable bonds is 6. The van der Waals surface area contributed by atoms with E-state index < -0.39 is 0 Å². The minimum atomic E-state index is -0.0911. The fourth-order valence-corrected chi connectivity index (χ4v) is 3.09. The van der Waals surface area contributed by atoms with E-state index in [1.54, 1.807) is 6.07 Å². The summed E-state index contributed by atoms with van der Waals surface area (Å²) < 4.78 is 0. The Hall–Kier alpha value is 0.380. The quantitative estimate of drug-likeness (QED) is 0.582. The summed E-state index contributed by atoms with van der Waals surface area (Å²) >= 11 is 24.3. The van der Waals surface area contributed by atoms with Gasteiger partial charge in [0.05, 0.1) is 0 Å². The molecule has 4 heteroatoms. The molecule has 0 unspecified atom stereocenters. The maximum absolute atomic E-state index is 6.17. The molecule has 1 aromatic rings. The number of hydrogen-bond donors (Lipinski definition) is 0. The van der Waals surface area contributed by atoms with Gasteiger partial charge in [0.25, 0.3) is 0 Å². The van der Waals surface area contributed by atoms with Crippen molar-refractivity contribution in [2.24, 2.45) is 5.41 Å². The van der Waals surface area contributed by atoms with E-state index >= 15 is 0 Å². The molecule has 0 atom stereocenters. The van der Waals surface area contributed by atoms with Gasteiger partial charge in [-0.15, -0.1) is 23.2 Å². The second-order valence-corrected chi connectivity index (χ2v) is 5.81. The smallest absolute Gasteiger partial charge is 0.0439 e. The molecule has 0 nitrogen and oxygen atoms in total. The van der Waals surface area contributed by atoms with Crippen LogP contribution in [0.15, 0.2) is 18.2 Å². The van der Waals surface area contributed by atoms with Crippen LogP contribution in [-0.2, 0) is 6.42 Å². The van der Waals surface area contributed by atoms with E-state index in [2.05, 4.69) is 6.92 Å². The Bertz CT molecular complexity index is 358. The maximum Gasteiger partial charge on any atom is 0.0439 e. The first-order valence-electron chi connectivity index (χ1n) is 5.63. The van der Waals surface area contributed by atoms with Crippen LogP contribution in [0.4, 0.5) is 0 Å². The summed E-state index contributed by atoms with van der Waals surface area (Å²) in [6.07, 6.45) is 2.81. The Balaban J connectivity index is 2.96. The monoisotopic (exact) mass is 312 g/mol. The lowest BCUT2D eigenvalue weighted by atomic mass is 9.81. The number of benzene rings is 1. The van der Waals surface area contributed by atoms with Crippen molar-refractivity contribution in [1.29, 1.82) is 0 Å². The van der Waals surface area contributed by atoms with Crippen molar-refractivity contribution in [3.8, 4) is 0 Å². The molecule has 96 valence electrons. The molecule has 0 spiro atoms. The van der Waals surface area contributed by atoms with Crippen LogP contribution in [0.3, 0.4) is 0 Å². The normalized spacial score (nSPS) is 11.8. The third kappa shape index (κ3) is 4.21. The summed E-state index contributed by atoms with van der Waals surface area (Å²) in [7, 11) is 0. The van der Waals surface area contributed by atoms with Gasteiger partial charge in [0, 0.05) is 27.2 Å². The molecule has 0 saturated heterocycles. The lowest BCUT2D eigenvalue weighted by Crippen LogP contribution is -2.28. The summed E-state index contributed by atoms with van der Waals surface area (Å²) in [6.45, 7) is 2.13. The first-order valence-corrected chi connectivity index (χ1v) is 7.45. The average molecular weight is 314 g/mol. The van der Waals surface area contributed by atoms with E-state index in [1.165, 1.54) is 0 Å². The summed E-state index contributed by atoms with van der Waals surface area (Å²) in [6, 6.07) is 5.50.